The van der Waals surface area contributed by atoms with Gasteiger partial charge in [-0.05, 0) is 23.8 Å². The highest BCUT2D eigenvalue weighted by Crippen LogP contribution is 2.25. The predicted molar refractivity (Wildman–Crippen MR) is 74.1 cm³/mol. The van der Waals surface area contributed by atoms with Gasteiger partial charge >= 0.3 is 0 Å². The van der Waals surface area contributed by atoms with E-state index in [1.54, 1.807) is 12.1 Å². The van der Waals surface area contributed by atoms with Crippen LogP contribution in [0.3, 0.4) is 0 Å². The molecule has 1 heterocycles. The Bertz CT molecular complexity index is 673. The summed E-state index contributed by atoms with van der Waals surface area (Å²) in [5, 5.41) is 0.493. The monoisotopic (exact) mass is 304 g/mol. The second-order valence-electron chi connectivity index (χ2n) is 4.01. The third kappa shape index (κ3) is 1.82. The lowest BCUT2D eigenvalue weighted by atomic mass is 10.1. The number of aromatic nitrogens is 2. The smallest absolute Gasteiger partial charge is 0.141 e. The average molecular weight is 305 g/mol. The van der Waals surface area contributed by atoms with E-state index in [-0.39, 0.29) is 5.82 Å². The summed E-state index contributed by atoms with van der Waals surface area (Å²) in [6.45, 7) is 0. The van der Waals surface area contributed by atoms with Crippen LogP contribution < -0.4 is 0 Å². The van der Waals surface area contributed by atoms with Crippen LogP contribution in [0.15, 0.2) is 42.5 Å². The van der Waals surface area contributed by atoms with E-state index in [0.29, 0.717) is 22.3 Å². The molecule has 0 unspecified atom stereocenters. The van der Waals surface area contributed by atoms with Gasteiger partial charge in [0.25, 0.3) is 0 Å². The van der Waals surface area contributed by atoms with Crippen LogP contribution in [0.5, 0.6) is 0 Å². The molecule has 0 amide bonds. The standard InChI is InChI=1S/C14H10BrFN2/c15-8-9-4-3-5-10(13(9)16)14-17-11-6-1-2-7-12(11)18-14/h1-7H,8H2,(H,17,18). The Morgan fingerprint density at radius 2 is 1.94 bits per heavy atom. The van der Waals surface area contributed by atoms with Gasteiger partial charge in [-0.3, -0.25) is 0 Å². The number of para-hydroxylation sites is 2. The van der Waals surface area contributed by atoms with Crippen LogP contribution in [0, 0.1) is 5.82 Å². The Morgan fingerprint density at radius 3 is 2.72 bits per heavy atom. The van der Waals surface area contributed by atoms with Gasteiger partial charge in [0.1, 0.15) is 11.6 Å². The quantitative estimate of drug-likeness (QED) is 0.704. The second-order valence-corrected chi connectivity index (χ2v) is 4.58. The zero-order chi connectivity index (χ0) is 12.5. The summed E-state index contributed by atoms with van der Waals surface area (Å²) in [4.78, 5) is 7.55. The number of benzene rings is 2. The Balaban J connectivity index is 2.20. The Labute approximate surface area is 112 Å². The molecule has 18 heavy (non-hydrogen) atoms. The minimum absolute atomic E-state index is 0.228. The van der Waals surface area contributed by atoms with E-state index in [9.17, 15) is 4.39 Å². The number of halogens is 2. The Kier molecular flexibility index (Phi) is 2.88. The molecule has 0 atom stereocenters. The molecule has 2 nitrogen and oxygen atoms in total. The Hall–Kier alpha value is -1.68. The summed E-state index contributed by atoms with van der Waals surface area (Å²) in [7, 11) is 0. The molecule has 0 aliphatic heterocycles. The maximum atomic E-state index is 14.2. The zero-order valence-electron chi connectivity index (χ0n) is 9.45. The average Bonchev–Trinajstić information content (AvgIpc) is 2.82. The third-order valence-corrected chi connectivity index (χ3v) is 3.47. The highest BCUT2D eigenvalue weighted by molar-refractivity contribution is 9.08. The lowest BCUT2D eigenvalue weighted by molar-refractivity contribution is 0.620. The van der Waals surface area contributed by atoms with E-state index in [2.05, 4.69) is 25.9 Å². The van der Waals surface area contributed by atoms with Crippen LogP contribution in [0.1, 0.15) is 5.56 Å². The topological polar surface area (TPSA) is 28.7 Å². The maximum Gasteiger partial charge on any atom is 0.141 e. The highest BCUT2D eigenvalue weighted by atomic mass is 79.9. The highest BCUT2D eigenvalue weighted by Gasteiger charge is 2.12. The number of hydrogen-bond acceptors (Lipinski definition) is 1. The molecule has 3 aromatic rings. The lowest BCUT2D eigenvalue weighted by Gasteiger charge is -2.03. The van der Waals surface area contributed by atoms with Gasteiger partial charge in [0.2, 0.25) is 0 Å². The van der Waals surface area contributed by atoms with Gasteiger partial charge in [0.15, 0.2) is 0 Å². The van der Waals surface area contributed by atoms with Crippen LogP contribution in [-0.4, -0.2) is 9.97 Å². The number of hydrogen-bond donors (Lipinski definition) is 1. The minimum Gasteiger partial charge on any atom is -0.338 e. The first-order valence-corrected chi connectivity index (χ1v) is 6.70. The fourth-order valence-corrected chi connectivity index (χ4v) is 2.38. The number of nitrogens with one attached hydrogen (secondary N) is 1. The maximum absolute atomic E-state index is 14.2. The normalized spacial score (nSPS) is 11.0. The van der Waals surface area contributed by atoms with E-state index in [4.69, 9.17) is 0 Å². The molecular weight excluding hydrogens is 295 g/mol. The minimum atomic E-state index is -0.228. The molecule has 1 N–H and O–H groups in total. The van der Waals surface area contributed by atoms with Crippen LogP contribution in [0.25, 0.3) is 22.4 Å². The van der Waals surface area contributed by atoms with Crippen LogP contribution >= 0.6 is 15.9 Å². The molecule has 0 fully saturated rings. The van der Waals surface area contributed by atoms with E-state index in [1.165, 1.54) is 0 Å². The second kappa shape index (κ2) is 4.53. The van der Waals surface area contributed by atoms with Gasteiger partial charge in [-0.15, -0.1) is 0 Å². The fourth-order valence-electron chi connectivity index (χ4n) is 1.95. The molecule has 2 aromatic carbocycles. The summed E-state index contributed by atoms with van der Waals surface area (Å²) < 4.78 is 14.2. The molecule has 0 aliphatic carbocycles. The largest absolute Gasteiger partial charge is 0.338 e. The molecule has 90 valence electrons. The molecule has 0 saturated carbocycles. The van der Waals surface area contributed by atoms with Gasteiger partial charge in [0.05, 0.1) is 16.6 Å². The van der Waals surface area contributed by atoms with Crippen LogP contribution in [0.4, 0.5) is 4.39 Å². The van der Waals surface area contributed by atoms with Crippen LogP contribution in [0.2, 0.25) is 0 Å². The number of rotatable bonds is 2. The van der Waals surface area contributed by atoms with Crippen molar-refractivity contribution in [2.24, 2.45) is 0 Å². The van der Waals surface area contributed by atoms with E-state index >= 15 is 0 Å². The number of aromatic amines is 1. The predicted octanol–water partition coefficient (Wildman–Crippen LogP) is 4.26. The van der Waals surface area contributed by atoms with Gasteiger partial charge in [-0.2, -0.15) is 0 Å². The van der Waals surface area contributed by atoms with E-state index in [0.717, 1.165) is 11.0 Å². The first-order chi connectivity index (χ1) is 8.79. The molecule has 0 spiro atoms. The molecule has 0 bridgehead atoms. The van der Waals surface area contributed by atoms with Crippen molar-refractivity contribution in [1.82, 2.24) is 9.97 Å². The molecule has 3 rings (SSSR count). The van der Waals surface area contributed by atoms with Crippen molar-refractivity contribution >= 4 is 27.0 Å². The molecule has 0 radical (unpaired) electrons. The van der Waals surface area contributed by atoms with Crippen molar-refractivity contribution in [2.45, 2.75) is 5.33 Å². The number of nitrogens with zero attached hydrogens (tertiary/aromatic N) is 1. The zero-order valence-corrected chi connectivity index (χ0v) is 11.0. The van der Waals surface area contributed by atoms with Crippen molar-refractivity contribution in [3.8, 4) is 11.4 Å². The molecule has 1 aromatic heterocycles. The molecular formula is C14H10BrFN2. The number of imidazole rings is 1. The van der Waals surface area contributed by atoms with E-state index in [1.807, 2.05) is 30.3 Å². The van der Waals surface area contributed by atoms with Crippen molar-refractivity contribution in [1.29, 1.82) is 0 Å². The molecule has 0 aliphatic rings. The lowest BCUT2D eigenvalue weighted by Crippen LogP contribution is -1.91. The SMILES string of the molecule is Fc1c(CBr)cccc1-c1nc2ccccc2[nH]1. The van der Waals surface area contributed by atoms with Crippen LogP contribution in [-0.2, 0) is 5.33 Å². The van der Waals surface area contributed by atoms with Gasteiger partial charge in [-0.25, -0.2) is 9.37 Å². The van der Waals surface area contributed by atoms with Crippen molar-refractivity contribution in [3.63, 3.8) is 0 Å². The summed E-state index contributed by atoms with van der Waals surface area (Å²) in [5.74, 6) is 0.338. The summed E-state index contributed by atoms with van der Waals surface area (Å²) in [6, 6.07) is 13.0. The number of H-pyrrole nitrogens is 1. The third-order valence-electron chi connectivity index (χ3n) is 2.87. The van der Waals surface area contributed by atoms with Crippen molar-refractivity contribution < 1.29 is 4.39 Å². The summed E-state index contributed by atoms with van der Waals surface area (Å²) >= 11 is 3.28. The first kappa shape index (κ1) is 11.4. The number of fused-ring (bicyclic) bond motifs is 1. The molecule has 0 saturated heterocycles. The first-order valence-electron chi connectivity index (χ1n) is 5.58. The van der Waals surface area contributed by atoms with E-state index < -0.39 is 0 Å². The fraction of sp³-hybridized carbons (Fsp3) is 0.0714. The van der Waals surface area contributed by atoms with Gasteiger partial charge in [-0.1, -0.05) is 40.2 Å². The van der Waals surface area contributed by atoms with Gasteiger partial charge < -0.3 is 4.98 Å². The summed E-state index contributed by atoms with van der Waals surface area (Å²) in [6.07, 6.45) is 0. The van der Waals surface area contributed by atoms with Crippen molar-refractivity contribution in [3.05, 3.63) is 53.8 Å². The van der Waals surface area contributed by atoms with Crippen molar-refractivity contribution in [2.75, 3.05) is 0 Å². The molecule has 4 heteroatoms. The number of alkyl halides is 1. The summed E-state index contributed by atoms with van der Waals surface area (Å²) in [5.41, 5.74) is 2.89. The van der Waals surface area contributed by atoms with Gasteiger partial charge in [0, 0.05) is 5.33 Å². The Morgan fingerprint density at radius 1 is 1.11 bits per heavy atom.